The van der Waals surface area contributed by atoms with Crippen LogP contribution in [0.25, 0.3) is 0 Å². The van der Waals surface area contributed by atoms with Gasteiger partial charge in [0.2, 0.25) is 0 Å². The molecule has 1 aliphatic rings. The Morgan fingerprint density at radius 3 is 2.45 bits per heavy atom. The summed E-state index contributed by atoms with van der Waals surface area (Å²) in [5, 5.41) is 0. The van der Waals surface area contributed by atoms with Crippen LogP contribution < -0.4 is 15.5 Å². The zero-order chi connectivity index (χ0) is 13.9. The molecule has 104 valence electrons. The zero-order valence-corrected chi connectivity index (χ0v) is 11.9. The first kappa shape index (κ1) is 12.9. The fourth-order valence-corrected chi connectivity index (χ4v) is 2.82. The van der Waals surface area contributed by atoms with Gasteiger partial charge in [-0.1, -0.05) is 30.3 Å². The number of nitrogen functional groups attached to an aromatic ring is 1. The first-order valence-electron chi connectivity index (χ1n) is 7.14. The molecule has 1 heterocycles. The van der Waals surface area contributed by atoms with Crippen molar-refractivity contribution < 1.29 is 0 Å². The molecule has 0 amide bonds. The normalized spacial score (nSPS) is 14.2. The van der Waals surface area contributed by atoms with Crippen LogP contribution in [0.2, 0.25) is 0 Å². The monoisotopic (exact) mass is 267 g/mol. The Morgan fingerprint density at radius 1 is 0.950 bits per heavy atom. The number of nitrogens with zero attached hydrogens (tertiary/aromatic N) is 2. The predicted molar refractivity (Wildman–Crippen MR) is 86.5 cm³/mol. The lowest BCUT2D eigenvalue weighted by atomic mass is 10.1. The second kappa shape index (κ2) is 5.45. The second-order valence-corrected chi connectivity index (χ2v) is 5.35. The fourth-order valence-electron chi connectivity index (χ4n) is 2.82. The molecule has 0 radical (unpaired) electrons. The lowest BCUT2D eigenvalue weighted by Crippen LogP contribution is -2.40. The number of hydrogen-bond donors (Lipinski definition) is 1. The highest BCUT2D eigenvalue weighted by Gasteiger charge is 2.19. The molecule has 2 N–H and O–H groups in total. The van der Waals surface area contributed by atoms with Gasteiger partial charge in [0, 0.05) is 32.4 Å². The summed E-state index contributed by atoms with van der Waals surface area (Å²) in [6, 6.07) is 16.8. The van der Waals surface area contributed by atoms with Crippen LogP contribution in [0.1, 0.15) is 5.56 Å². The van der Waals surface area contributed by atoms with E-state index in [2.05, 4.69) is 53.2 Å². The summed E-state index contributed by atoms with van der Waals surface area (Å²) in [7, 11) is 2.16. The van der Waals surface area contributed by atoms with Crippen LogP contribution in [0.4, 0.5) is 17.1 Å². The zero-order valence-electron chi connectivity index (χ0n) is 11.9. The summed E-state index contributed by atoms with van der Waals surface area (Å²) in [5.41, 5.74) is 10.8. The van der Waals surface area contributed by atoms with Crippen molar-refractivity contribution in [2.75, 3.05) is 42.2 Å². The van der Waals surface area contributed by atoms with E-state index in [1.165, 1.54) is 16.9 Å². The Kier molecular flexibility index (Phi) is 3.50. The van der Waals surface area contributed by atoms with E-state index in [-0.39, 0.29) is 0 Å². The van der Waals surface area contributed by atoms with E-state index in [9.17, 15) is 0 Å². The Balaban J connectivity index is 1.76. The van der Waals surface area contributed by atoms with Gasteiger partial charge in [-0.05, 0) is 30.2 Å². The molecule has 2 aromatic carbocycles. The van der Waals surface area contributed by atoms with Crippen LogP contribution in [-0.4, -0.2) is 26.7 Å². The van der Waals surface area contributed by atoms with Gasteiger partial charge in [-0.2, -0.15) is 0 Å². The van der Waals surface area contributed by atoms with Crippen molar-refractivity contribution in [1.82, 2.24) is 0 Å². The van der Waals surface area contributed by atoms with Crippen LogP contribution in [0.5, 0.6) is 0 Å². The van der Waals surface area contributed by atoms with E-state index in [0.29, 0.717) is 0 Å². The number of hydrogen-bond acceptors (Lipinski definition) is 3. The van der Waals surface area contributed by atoms with E-state index in [0.717, 1.165) is 31.7 Å². The largest absolute Gasteiger partial charge is 0.399 e. The predicted octanol–water partition coefficient (Wildman–Crippen LogP) is 2.77. The number of anilines is 3. The topological polar surface area (TPSA) is 32.5 Å². The third-order valence-electron chi connectivity index (χ3n) is 4.05. The molecule has 0 bridgehead atoms. The third kappa shape index (κ3) is 2.44. The SMILES string of the molecule is CN1CCN(CCc2ccccc2N)c2ccccc21. The van der Waals surface area contributed by atoms with Crippen LogP contribution >= 0.6 is 0 Å². The summed E-state index contributed by atoms with van der Waals surface area (Å²) in [4.78, 5) is 4.78. The van der Waals surface area contributed by atoms with Crippen molar-refractivity contribution >= 4 is 17.1 Å². The molecule has 0 saturated heterocycles. The van der Waals surface area contributed by atoms with E-state index < -0.39 is 0 Å². The van der Waals surface area contributed by atoms with E-state index in [4.69, 9.17) is 5.73 Å². The van der Waals surface area contributed by atoms with Gasteiger partial charge in [0.05, 0.1) is 11.4 Å². The standard InChI is InChI=1S/C17H21N3/c1-19-12-13-20(17-9-5-4-8-16(17)19)11-10-14-6-2-3-7-15(14)18/h2-9H,10-13,18H2,1H3. The van der Waals surface area contributed by atoms with Crippen molar-refractivity contribution in [2.45, 2.75) is 6.42 Å². The number of para-hydroxylation sites is 3. The lowest BCUT2D eigenvalue weighted by Gasteiger charge is -2.37. The maximum atomic E-state index is 6.03. The summed E-state index contributed by atoms with van der Waals surface area (Å²) < 4.78 is 0. The molecule has 0 aromatic heterocycles. The highest BCUT2D eigenvalue weighted by atomic mass is 15.2. The van der Waals surface area contributed by atoms with Crippen molar-refractivity contribution in [3.8, 4) is 0 Å². The molecule has 1 aliphatic heterocycles. The number of likely N-dealkylation sites (N-methyl/N-ethyl adjacent to an activating group) is 1. The van der Waals surface area contributed by atoms with Gasteiger partial charge in [-0.25, -0.2) is 0 Å². The maximum Gasteiger partial charge on any atom is 0.0604 e. The summed E-state index contributed by atoms with van der Waals surface area (Å²) in [5.74, 6) is 0. The average Bonchev–Trinajstić information content (AvgIpc) is 2.48. The quantitative estimate of drug-likeness (QED) is 0.868. The highest BCUT2D eigenvalue weighted by Crippen LogP contribution is 2.31. The fraction of sp³-hybridized carbons (Fsp3) is 0.294. The molecular formula is C17H21N3. The Morgan fingerprint density at radius 2 is 1.65 bits per heavy atom. The van der Waals surface area contributed by atoms with Crippen LogP contribution in [-0.2, 0) is 6.42 Å². The van der Waals surface area contributed by atoms with E-state index in [1.807, 2.05) is 12.1 Å². The van der Waals surface area contributed by atoms with E-state index in [1.54, 1.807) is 0 Å². The molecule has 3 nitrogen and oxygen atoms in total. The Bertz CT molecular complexity index is 594. The molecule has 0 saturated carbocycles. The molecular weight excluding hydrogens is 246 g/mol. The number of benzene rings is 2. The van der Waals surface area contributed by atoms with E-state index >= 15 is 0 Å². The minimum atomic E-state index is 0.898. The summed E-state index contributed by atoms with van der Waals surface area (Å²) in [6.45, 7) is 3.15. The first-order chi connectivity index (χ1) is 9.75. The second-order valence-electron chi connectivity index (χ2n) is 5.35. The van der Waals surface area contributed by atoms with Crippen molar-refractivity contribution in [3.63, 3.8) is 0 Å². The molecule has 0 aliphatic carbocycles. The van der Waals surface area contributed by atoms with Gasteiger partial charge < -0.3 is 15.5 Å². The molecule has 0 unspecified atom stereocenters. The smallest absolute Gasteiger partial charge is 0.0604 e. The van der Waals surface area contributed by atoms with Gasteiger partial charge >= 0.3 is 0 Å². The Labute approximate surface area is 120 Å². The lowest BCUT2D eigenvalue weighted by molar-refractivity contribution is 0.728. The molecule has 0 atom stereocenters. The average molecular weight is 267 g/mol. The molecule has 20 heavy (non-hydrogen) atoms. The molecule has 3 rings (SSSR count). The minimum absolute atomic E-state index is 0.898. The number of nitrogens with two attached hydrogens (primary N) is 1. The summed E-state index contributed by atoms with van der Waals surface area (Å²) in [6.07, 6.45) is 0.991. The minimum Gasteiger partial charge on any atom is -0.399 e. The van der Waals surface area contributed by atoms with Crippen molar-refractivity contribution in [1.29, 1.82) is 0 Å². The molecule has 0 spiro atoms. The van der Waals surface area contributed by atoms with Crippen LogP contribution in [0.15, 0.2) is 48.5 Å². The molecule has 0 fully saturated rings. The molecule has 2 aromatic rings. The van der Waals surface area contributed by atoms with Gasteiger partial charge in [0.25, 0.3) is 0 Å². The highest BCUT2D eigenvalue weighted by molar-refractivity contribution is 5.73. The van der Waals surface area contributed by atoms with Crippen LogP contribution in [0.3, 0.4) is 0 Å². The first-order valence-corrected chi connectivity index (χ1v) is 7.14. The van der Waals surface area contributed by atoms with Crippen LogP contribution in [0, 0.1) is 0 Å². The maximum absolute atomic E-state index is 6.03. The van der Waals surface area contributed by atoms with Gasteiger partial charge in [-0.15, -0.1) is 0 Å². The summed E-state index contributed by atoms with van der Waals surface area (Å²) >= 11 is 0. The number of fused-ring (bicyclic) bond motifs is 1. The van der Waals surface area contributed by atoms with Crippen molar-refractivity contribution in [3.05, 3.63) is 54.1 Å². The van der Waals surface area contributed by atoms with Gasteiger partial charge in [-0.3, -0.25) is 0 Å². The van der Waals surface area contributed by atoms with Gasteiger partial charge in [0.1, 0.15) is 0 Å². The third-order valence-corrected chi connectivity index (χ3v) is 4.05. The number of rotatable bonds is 3. The molecule has 3 heteroatoms. The van der Waals surface area contributed by atoms with Gasteiger partial charge in [0.15, 0.2) is 0 Å². The van der Waals surface area contributed by atoms with Crippen molar-refractivity contribution in [2.24, 2.45) is 0 Å². The Hall–Kier alpha value is -2.16.